The summed E-state index contributed by atoms with van der Waals surface area (Å²) >= 11 is 0. The van der Waals surface area contributed by atoms with E-state index in [-0.39, 0.29) is 11.7 Å². The molecule has 0 aliphatic rings. The van der Waals surface area contributed by atoms with Crippen LogP contribution in [0.25, 0.3) is 0 Å². The summed E-state index contributed by atoms with van der Waals surface area (Å²) < 4.78 is 0. The molecule has 0 bridgehead atoms. The predicted octanol–water partition coefficient (Wildman–Crippen LogP) is 2.93. The van der Waals surface area contributed by atoms with Crippen molar-refractivity contribution >= 4 is 5.78 Å². The molecular weight excluding hydrogens is 238 g/mol. The summed E-state index contributed by atoms with van der Waals surface area (Å²) in [6.45, 7) is 0.359. The minimum Gasteiger partial charge on any atom is -0.305 e. The van der Waals surface area contributed by atoms with Crippen molar-refractivity contribution in [2.24, 2.45) is 5.90 Å². The lowest BCUT2D eigenvalue weighted by Gasteiger charge is -2.15. The lowest BCUT2D eigenvalue weighted by Crippen LogP contribution is -2.16. The lowest BCUT2D eigenvalue weighted by atomic mass is 9.88. The summed E-state index contributed by atoms with van der Waals surface area (Å²) in [6.07, 6.45) is 0.578. The number of Topliss-reactive ketones (excluding diaryl/α,β-unsaturated/α-hetero) is 1. The second-order valence-corrected chi connectivity index (χ2v) is 4.35. The molecule has 3 nitrogen and oxygen atoms in total. The number of hydrogen-bond donors (Lipinski definition) is 1. The molecule has 2 N–H and O–H groups in total. The monoisotopic (exact) mass is 255 g/mol. The highest BCUT2D eigenvalue weighted by Gasteiger charge is 2.21. The molecule has 2 aromatic rings. The molecular formula is C16H17NO2. The second kappa shape index (κ2) is 6.83. The average Bonchev–Trinajstić information content (AvgIpc) is 2.49. The van der Waals surface area contributed by atoms with E-state index >= 15 is 0 Å². The van der Waals surface area contributed by atoms with Crippen LogP contribution < -0.4 is 5.90 Å². The van der Waals surface area contributed by atoms with Crippen LogP contribution in [0.3, 0.4) is 0 Å². The fourth-order valence-electron chi connectivity index (χ4n) is 2.12. The Balaban J connectivity index is 2.25. The first kappa shape index (κ1) is 13.5. The minimum absolute atomic E-state index is 0.101. The molecule has 3 heteroatoms. The smallest absolute Gasteiger partial charge is 0.170 e. The Morgan fingerprint density at radius 2 is 1.58 bits per heavy atom. The summed E-state index contributed by atoms with van der Waals surface area (Å²) in [4.78, 5) is 17.2. The van der Waals surface area contributed by atoms with Crippen LogP contribution in [0.5, 0.6) is 0 Å². The number of nitrogens with two attached hydrogens (primary N) is 1. The van der Waals surface area contributed by atoms with E-state index in [1.807, 2.05) is 60.7 Å². The Kier molecular flexibility index (Phi) is 4.84. The Bertz CT molecular complexity index is 511. The SMILES string of the molecule is NOCC[C@H](C(=O)c1ccccc1)c1ccccc1. The van der Waals surface area contributed by atoms with E-state index in [0.29, 0.717) is 18.6 Å². The van der Waals surface area contributed by atoms with E-state index in [1.54, 1.807) is 0 Å². The molecule has 0 aliphatic heterocycles. The van der Waals surface area contributed by atoms with Crippen LogP contribution >= 0.6 is 0 Å². The summed E-state index contributed by atoms with van der Waals surface area (Å²) in [5, 5.41) is 0. The molecule has 0 fully saturated rings. The van der Waals surface area contributed by atoms with Crippen LogP contribution in [-0.2, 0) is 4.84 Å². The van der Waals surface area contributed by atoms with Gasteiger partial charge >= 0.3 is 0 Å². The van der Waals surface area contributed by atoms with Gasteiger partial charge in [0.05, 0.1) is 6.61 Å². The van der Waals surface area contributed by atoms with Gasteiger partial charge in [0.2, 0.25) is 0 Å². The lowest BCUT2D eigenvalue weighted by molar-refractivity contribution is 0.0902. The van der Waals surface area contributed by atoms with Crippen LogP contribution in [0.1, 0.15) is 28.3 Å². The van der Waals surface area contributed by atoms with Crippen molar-refractivity contribution < 1.29 is 9.63 Å². The molecule has 0 amide bonds. The maximum atomic E-state index is 12.6. The van der Waals surface area contributed by atoms with Gasteiger partial charge in [-0.2, -0.15) is 0 Å². The maximum Gasteiger partial charge on any atom is 0.170 e. The Morgan fingerprint density at radius 3 is 2.16 bits per heavy atom. The molecule has 0 saturated carbocycles. The summed E-state index contributed by atoms with van der Waals surface area (Å²) in [5.74, 6) is 4.97. The van der Waals surface area contributed by atoms with E-state index < -0.39 is 0 Å². The van der Waals surface area contributed by atoms with E-state index in [4.69, 9.17) is 5.90 Å². The number of benzene rings is 2. The summed E-state index contributed by atoms with van der Waals surface area (Å²) in [5.41, 5.74) is 1.71. The van der Waals surface area contributed by atoms with Gasteiger partial charge in [-0.1, -0.05) is 60.7 Å². The molecule has 0 aromatic heterocycles. The van der Waals surface area contributed by atoms with E-state index in [0.717, 1.165) is 5.56 Å². The van der Waals surface area contributed by atoms with Crippen LogP contribution in [0.4, 0.5) is 0 Å². The molecule has 0 spiro atoms. The van der Waals surface area contributed by atoms with Gasteiger partial charge in [-0.05, 0) is 12.0 Å². The Morgan fingerprint density at radius 1 is 1.00 bits per heavy atom. The first-order valence-electron chi connectivity index (χ1n) is 6.29. The fourth-order valence-corrected chi connectivity index (χ4v) is 2.12. The zero-order valence-corrected chi connectivity index (χ0v) is 10.7. The van der Waals surface area contributed by atoms with Gasteiger partial charge in [0, 0.05) is 11.5 Å². The first-order valence-corrected chi connectivity index (χ1v) is 6.29. The number of hydrogen-bond acceptors (Lipinski definition) is 3. The quantitative estimate of drug-likeness (QED) is 0.637. The van der Waals surface area contributed by atoms with Gasteiger partial charge in [0.1, 0.15) is 0 Å². The zero-order valence-electron chi connectivity index (χ0n) is 10.7. The molecule has 98 valence electrons. The highest BCUT2D eigenvalue weighted by atomic mass is 16.6. The van der Waals surface area contributed by atoms with E-state index in [1.165, 1.54) is 0 Å². The molecule has 2 aromatic carbocycles. The van der Waals surface area contributed by atoms with Crippen molar-refractivity contribution in [1.82, 2.24) is 0 Å². The van der Waals surface area contributed by atoms with Crippen molar-refractivity contribution in [2.45, 2.75) is 12.3 Å². The largest absolute Gasteiger partial charge is 0.305 e. The van der Waals surface area contributed by atoms with Crippen molar-refractivity contribution in [3.63, 3.8) is 0 Å². The summed E-state index contributed by atoms with van der Waals surface area (Å²) in [7, 11) is 0. The third kappa shape index (κ3) is 3.50. The van der Waals surface area contributed by atoms with Crippen LogP contribution in [0, 0.1) is 0 Å². The van der Waals surface area contributed by atoms with E-state index in [9.17, 15) is 4.79 Å². The maximum absolute atomic E-state index is 12.6. The minimum atomic E-state index is -0.216. The molecule has 0 unspecified atom stereocenters. The normalized spacial score (nSPS) is 12.1. The van der Waals surface area contributed by atoms with Gasteiger partial charge in [0.15, 0.2) is 5.78 Å². The van der Waals surface area contributed by atoms with Gasteiger partial charge in [-0.15, -0.1) is 0 Å². The van der Waals surface area contributed by atoms with Crippen LogP contribution in [0.15, 0.2) is 60.7 Å². The molecule has 1 atom stereocenters. The van der Waals surface area contributed by atoms with Crippen LogP contribution in [-0.4, -0.2) is 12.4 Å². The van der Waals surface area contributed by atoms with Crippen molar-refractivity contribution in [2.75, 3.05) is 6.61 Å². The fraction of sp³-hybridized carbons (Fsp3) is 0.188. The third-order valence-electron chi connectivity index (χ3n) is 3.10. The third-order valence-corrected chi connectivity index (χ3v) is 3.10. The van der Waals surface area contributed by atoms with Gasteiger partial charge < -0.3 is 4.84 Å². The average molecular weight is 255 g/mol. The second-order valence-electron chi connectivity index (χ2n) is 4.35. The van der Waals surface area contributed by atoms with E-state index in [2.05, 4.69) is 4.84 Å². The Labute approximate surface area is 113 Å². The first-order chi connectivity index (χ1) is 9.33. The zero-order chi connectivity index (χ0) is 13.5. The highest BCUT2D eigenvalue weighted by molar-refractivity contribution is 6.00. The number of ketones is 1. The molecule has 0 aliphatic carbocycles. The molecule has 2 rings (SSSR count). The Hall–Kier alpha value is -1.97. The molecule has 0 saturated heterocycles. The van der Waals surface area contributed by atoms with Crippen molar-refractivity contribution in [3.05, 3.63) is 71.8 Å². The van der Waals surface area contributed by atoms with Crippen LogP contribution in [0.2, 0.25) is 0 Å². The molecule has 0 heterocycles. The number of rotatable bonds is 6. The van der Waals surface area contributed by atoms with Gasteiger partial charge in [-0.3, -0.25) is 4.79 Å². The topological polar surface area (TPSA) is 52.3 Å². The van der Waals surface area contributed by atoms with Gasteiger partial charge in [0.25, 0.3) is 0 Å². The molecule has 0 radical (unpaired) electrons. The highest BCUT2D eigenvalue weighted by Crippen LogP contribution is 2.24. The number of carbonyl (C=O) groups excluding carboxylic acids is 1. The van der Waals surface area contributed by atoms with Crippen molar-refractivity contribution in [1.29, 1.82) is 0 Å². The standard InChI is InChI=1S/C16H17NO2/c17-19-12-11-15(13-7-3-1-4-8-13)16(18)14-9-5-2-6-10-14/h1-10,15H,11-12,17H2/t15-/m0/s1. The van der Waals surface area contributed by atoms with Crippen molar-refractivity contribution in [3.8, 4) is 0 Å². The molecule has 19 heavy (non-hydrogen) atoms. The predicted molar refractivity (Wildman–Crippen MR) is 74.7 cm³/mol. The summed E-state index contributed by atoms with van der Waals surface area (Å²) in [6, 6.07) is 19.0. The number of carbonyl (C=O) groups is 1. The van der Waals surface area contributed by atoms with Gasteiger partial charge in [-0.25, -0.2) is 5.90 Å².